The van der Waals surface area contributed by atoms with Crippen LogP contribution in [0.4, 0.5) is 0 Å². The van der Waals surface area contributed by atoms with Gasteiger partial charge in [0.2, 0.25) is 0 Å². The zero-order valence-corrected chi connectivity index (χ0v) is 9.60. The van der Waals surface area contributed by atoms with Crippen LogP contribution in [-0.2, 0) is 4.74 Å². The molecule has 78 valence electrons. The quantitative estimate of drug-likeness (QED) is 0.442. The molecule has 1 heteroatoms. The van der Waals surface area contributed by atoms with Gasteiger partial charge < -0.3 is 4.74 Å². The molecule has 13 heavy (non-hydrogen) atoms. The number of hydrogen-bond acceptors (Lipinski definition) is 1. The van der Waals surface area contributed by atoms with Gasteiger partial charge in [0.25, 0.3) is 0 Å². The Morgan fingerprint density at radius 2 is 1.77 bits per heavy atom. The molecule has 0 aromatic carbocycles. The summed E-state index contributed by atoms with van der Waals surface area (Å²) >= 11 is 0. The van der Waals surface area contributed by atoms with Crippen LogP contribution in [0.2, 0.25) is 0 Å². The van der Waals surface area contributed by atoms with Crippen molar-refractivity contribution in [3.8, 4) is 0 Å². The zero-order valence-electron chi connectivity index (χ0n) is 9.60. The van der Waals surface area contributed by atoms with Crippen molar-refractivity contribution in [2.45, 2.75) is 65.4 Å². The van der Waals surface area contributed by atoms with E-state index in [4.69, 9.17) is 4.74 Å². The van der Waals surface area contributed by atoms with Crippen molar-refractivity contribution in [2.24, 2.45) is 0 Å². The molecule has 0 saturated carbocycles. The molecular formula is C12H24O. The highest BCUT2D eigenvalue weighted by atomic mass is 16.5. The molecule has 1 nitrogen and oxygen atoms in total. The Labute approximate surface area is 83.2 Å². The smallest absolute Gasteiger partial charge is 0.0998 e. The monoisotopic (exact) mass is 184 g/mol. The van der Waals surface area contributed by atoms with Gasteiger partial charge in [-0.05, 0) is 39.7 Å². The first-order valence-corrected chi connectivity index (χ1v) is 5.39. The third kappa shape index (κ3) is 11.5. The second-order valence-corrected chi connectivity index (χ2v) is 4.45. The van der Waals surface area contributed by atoms with Gasteiger partial charge in [0.05, 0.1) is 11.9 Å². The molecule has 0 amide bonds. The lowest BCUT2D eigenvalue weighted by molar-refractivity contribution is 0.0761. The summed E-state index contributed by atoms with van der Waals surface area (Å²) in [6, 6.07) is 0. The van der Waals surface area contributed by atoms with E-state index in [2.05, 4.69) is 33.8 Å². The summed E-state index contributed by atoms with van der Waals surface area (Å²) in [5, 5.41) is 0. The number of allylic oxidation sites excluding steroid dienone is 1. The molecular weight excluding hydrogens is 160 g/mol. The van der Waals surface area contributed by atoms with Gasteiger partial charge in [-0.25, -0.2) is 0 Å². The fourth-order valence-electron chi connectivity index (χ4n) is 1.01. The Balaban J connectivity index is 3.22. The van der Waals surface area contributed by atoms with Crippen LogP contribution in [0.1, 0.15) is 59.8 Å². The predicted molar refractivity (Wildman–Crippen MR) is 58.7 cm³/mol. The van der Waals surface area contributed by atoms with Gasteiger partial charge in [0.1, 0.15) is 0 Å². The molecule has 0 atom stereocenters. The zero-order chi connectivity index (χ0) is 10.2. The second kappa shape index (κ2) is 6.99. The molecule has 0 aromatic heterocycles. The van der Waals surface area contributed by atoms with Crippen molar-refractivity contribution in [1.29, 1.82) is 0 Å². The normalized spacial score (nSPS) is 12.3. The predicted octanol–water partition coefficient (Wildman–Crippen LogP) is 4.29. The largest absolute Gasteiger partial charge is 0.496 e. The summed E-state index contributed by atoms with van der Waals surface area (Å²) in [4.78, 5) is 0. The van der Waals surface area contributed by atoms with Crippen LogP contribution < -0.4 is 0 Å². The summed E-state index contributed by atoms with van der Waals surface area (Å²) < 4.78 is 5.46. The first kappa shape index (κ1) is 12.5. The lowest BCUT2D eigenvalue weighted by atomic mass is 10.1. The number of unbranched alkanes of at least 4 members (excludes halogenated alkanes) is 4. The van der Waals surface area contributed by atoms with Gasteiger partial charge in [0.15, 0.2) is 0 Å². The molecule has 0 unspecified atom stereocenters. The van der Waals surface area contributed by atoms with Crippen LogP contribution in [0.5, 0.6) is 0 Å². The number of hydrogen-bond donors (Lipinski definition) is 0. The van der Waals surface area contributed by atoms with E-state index in [-0.39, 0.29) is 5.60 Å². The van der Waals surface area contributed by atoms with Crippen LogP contribution in [0.25, 0.3) is 0 Å². The van der Waals surface area contributed by atoms with Gasteiger partial charge in [-0.2, -0.15) is 0 Å². The van der Waals surface area contributed by atoms with Crippen LogP contribution >= 0.6 is 0 Å². The van der Waals surface area contributed by atoms with Crippen LogP contribution in [-0.4, -0.2) is 5.60 Å². The topological polar surface area (TPSA) is 9.23 Å². The van der Waals surface area contributed by atoms with Crippen LogP contribution in [0, 0.1) is 0 Å². The SMILES string of the molecule is CCCCCCC=COC(C)(C)C. The third-order valence-electron chi connectivity index (χ3n) is 1.74. The minimum Gasteiger partial charge on any atom is -0.496 e. The lowest BCUT2D eigenvalue weighted by Crippen LogP contribution is -2.15. The Morgan fingerprint density at radius 1 is 1.08 bits per heavy atom. The molecule has 0 spiro atoms. The molecule has 0 fully saturated rings. The second-order valence-electron chi connectivity index (χ2n) is 4.45. The van der Waals surface area contributed by atoms with E-state index < -0.39 is 0 Å². The van der Waals surface area contributed by atoms with Crippen molar-refractivity contribution in [2.75, 3.05) is 0 Å². The van der Waals surface area contributed by atoms with E-state index in [1.54, 1.807) is 0 Å². The highest BCUT2D eigenvalue weighted by Crippen LogP contribution is 2.08. The number of rotatable bonds is 6. The molecule has 0 aliphatic rings. The van der Waals surface area contributed by atoms with Crippen molar-refractivity contribution < 1.29 is 4.74 Å². The molecule has 0 saturated heterocycles. The summed E-state index contributed by atoms with van der Waals surface area (Å²) in [6.07, 6.45) is 10.4. The summed E-state index contributed by atoms with van der Waals surface area (Å²) in [5.74, 6) is 0. The average molecular weight is 184 g/mol. The Bertz CT molecular complexity index is 131. The maximum Gasteiger partial charge on any atom is 0.0998 e. The summed E-state index contributed by atoms with van der Waals surface area (Å²) in [5.41, 5.74) is -0.0417. The lowest BCUT2D eigenvalue weighted by Gasteiger charge is -2.17. The summed E-state index contributed by atoms with van der Waals surface area (Å²) in [7, 11) is 0. The van der Waals surface area contributed by atoms with E-state index in [0.29, 0.717) is 0 Å². The third-order valence-corrected chi connectivity index (χ3v) is 1.74. The van der Waals surface area contributed by atoms with Gasteiger partial charge >= 0.3 is 0 Å². The maximum absolute atomic E-state index is 5.46. The molecule has 0 rings (SSSR count). The maximum atomic E-state index is 5.46. The molecule has 0 heterocycles. The molecule has 0 aromatic rings. The molecule has 0 aliphatic carbocycles. The van der Waals surface area contributed by atoms with Gasteiger partial charge in [-0.3, -0.25) is 0 Å². The van der Waals surface area contributed by atoms with E-state index in [1.807, 2.05) is 6.26 Å². The molecule has 0 N–H and O–H groups in total. The van der Waals surface area contributed by atoms with Crippen molar-refractivity contribution >= 4 is 0 Å². The first-order chi connectivity index (χ1) is 6.06. The van der Waals surface area contributed by atoms with E-state index in [1.165, 1.54) is 25.7 Å². The molecule has 0 aliphatic heterocycles. The molecule has 0 bridgehead atoms. The minimum atomic E-state index is -0.0417. The van der Waals surface area contributed by atoms with Gasteiger partial charge in [-0.15, -0.1) is 0 Å². The Hall–Kier alpha value is -0.460. The highest BCUT2D eigenvalue weighted by Gasteiger charge is 2.06. The van der Waals surface area contributed by atoms with Gasteiger partial charge in [0, 0.05) is 0 Å². The fraction of sp³-hybridized carbons (Fsp3) is 0.833. The van der Waals surface area contributed by atoms with Crippen molar-refractivity contribution in [3.05, 3.63) is 12.3 Å². The summed E-state index contributed by atoms with van der Waals surface area (Å²) in [6.45, 7) is 8.43. The van der Waals surface area contributed by atoms with E-state index >= 15 is 0 Å². The average Bonchev–Trinajstić information content (AvgIpc) is 2.01. The van der Waals surface area contributed by atoms with Crippen molar-refractivity contribution in [1.82, 2.24) is 0 Å². The van der Waals surface area contributed by atoms with Gasteiger partial charge in [-0.1, -0.05) is 26.2 Å². The fourth-order valence-corrected chi connectivity index (χ4v) is 1.01. The Kier molecular flexibility index (Phi) is 6.75. The van der Waals surface area contributed by atoms with Crippen molar-refractivity contribution in [3.63, 3.8) is 0 Å². The van der Waals surface area contributed by atoms with Crippen LogP contribution in [0.15, 0.2) is 12.3 Å². The Morgan fingerprint density at radius 3 is 2.31 bits per heavy atom. The highest BCUT2D eigenvalue weighted by molar-refractivity contribution is 4.76. The minimum absolute atomic E-state index is 0.0417. The van der Waals surface area contributed by atoms with Crippen LogP contribution in [0.3, 0.4) is 0 Å². The number of ether oxygens (including phenoxy) is 1. The first-order valence-electron chi connectivity index (χ1n) is 5.39. The standard InChI is InChI=1S/C12H24O/c1-5-6-7-8-9-10-11-13-12(2,3)4/h10-11H,5-9H2,1-4H3. The van der Waals surface area contributed by atoms with E-state index in [9.17, 15) is 0 Å². The molecule has 0 radical (unpaired) electrons. The van der Waals surface area contributed by atoms with E-state index in [0.717, 1.165) is 6.42 Å².